The first-order valence-corrected chi connectivity index (χ1v) is 9.90. The van der Waals surface area contributed by atoms with E-state index in [0.717, 1.165) is 30.3 Å². The zero-order valence-electron chi connectivity index (χ0n) is 13.8. The van der Waals surface area contributed by atoms with Crippen LogP contribution in [0.1, 0.15) is 11.5 Å². The van der Waals surface area contributed by atoms with Crippen LogP contribution in [0, 0.1) is 6.92 Å². The summed E-state index contributed by atoms with van der Waals surface area (Å²) in [4.78, 5) is 30.3. The van der Waals surface area contributed by atoms with Crippen molar-refractivity contribution < 1.29 is 13.9 Å². The third kappa shape index (κ3) is 5.32. The van der Waals surface area contributed by atoms with Gasteiger partial charge in [0.1, 0.15) is 12.0 Å². The average Bonchev–Trinajstić information content (AvgIpc) is 3.00. The number of hydrogen-bond acceptors (Lipinski definition) is 8. The van der Waals surface area contributed by atoms with Gasteiger partial charge in [0.05, 0.1) is 12.2 Å². The summed E-state index contributed by atoms with van der Waals surface area (Å²) in [5.41, 5.74) is 0.551. The van der Waals surface area contributed by atoms with Gasteiger partial charge in [-0.2, -0.15) is 11.8 Å². The summed E-state index contributed by atoms with van der Waals surface area (Å²) in [6.07, 6.45) is 1.27. The zero-order valence-corrected chi connectivity index (χ0v) is 15.5. The van der Waals surface area contributed by atoms with E-state index in [0.29, 0.717) is 17.4 Å². The Hall–Kier alpha value is -1.84. The molecule has 2 aromatic heterocycles. The Balaban J connectivity index is 1.52. The van der Waals surface area contributed by atoms with Crippen molar-refractivity contribution >= 4 is 34.1 Å². The number of nitrogens with zero attached hydrogens (tertiary/aromatic N) is 2. The van der Waals surface area contributed by atoms with E-state index < -0.39 is 0 Å². The third-order valence-electron chi connectivity index (χ3n) is 3.56. The van der Waals surface area contributed by atoms with Crippen LogP contribution in [0.4, 0.5) is 5.13 Å². The van der Waals surface area contributed by atoms with Crippen LogP contribution in [0.3, 0.4) is 0 Å². The van der Waals surface area contributed by atoms with Gasteiger partial charge in [-0.25, -0.2) is 4.98 Å². The smallest absolute Gasteiger partial charge is 0.264 e. The number of nitrogens with one attached hydrogen (secondary N) is 1. The molecule has 1 saturated heterocycles. The minimum absolute atomic E-state index is 0.0309. The number of rotatable bonds is 6. The number of aromatic nitrogens is 1. The van der Waals surface area contributed by atoms with Crippen LogP contribution < -0.4 is 15.5 Å². The van der Waals surface area contributed by atoms with Crippen LogP contribution in [-0.2, 0) is 11.3 Å². The Morgan fingerprint density at radius 2 is 2.24 bits per heavy atom. The van der Waals surface area contributed by atoms with Gasteiger partial charge in [0.15, 0.2) is 11.7 Å². The lowest BCUT2D eigenvalue weighted by Gasteiger charge is -2.25. The van der Waals surface area contributed by atoms with Crippen LogP contribution in [0.15, 0.2) is 26.9 Å². The van der Waals surface area contributed by atoms with Crippen molar-refractivity contribution in [3.05, 3.63) is 39.4 Å². The molecule has 7 nitrogen and oxygen atoms in total. The SMILES string of the molecule is Cc1csc(NC(=O)COc2coc(CN3CCSCC3)cc2=O)n1. The largest absolute Gasteiger partial charge is 0.477 e. The van der Waals surface area contributed by atoms with Crippen molar-refractivity contribution in [1.29, 1.82) is 0 Å². The van der Waals surface area contributed by atoms with E-state index in [2.05, 4.69) is 15.2 Å². The number of carbonyl (C=O) groups is 1. The highest BCUT2D eigenvalue weighted by molar-refractivity contribution is 7.99. The van der Waals surface area contributed by atoms with Gasteiger partial charge in [-0.1, -0.05) is 0 Å². The number of thiazole rings is 1. The minimum Gasteiger partial charge on any atom is -0.477 e. The molecule has 3 rings (SSSR count). The molecule has 1 aliphatic rings. The van der Waals surface area contributed by atoms with E-state index >= 15 is 0 Å². The maximum atomic E-state index is 12.1. The fourth-order valence-electron chi connectivity index (χ4n) is 2.32. The van der Waals surface area contributed by atoms with Gasteiger partial charge in [-0.15, -0.1) is 11.3 Å². The molecule has 0 bridgehead atoms. The molecule has 0 aromatic carbocycles. The highest BCUT2D eigenvalue weighted by Crippen LogP contribution is 2.15. The van der Waals surface area contributed by atoms with Crippen LogP contribution >= 0.6 is 23.1 Å². The Morgan fingerprint density at radius 1 is 1.44 bits per heavy atom. The van der Waals surface area contributed by atoms with E-state index in [1.807, 2.05) is 24.1 Å². The van der Waals surface area contributed by atoms with Gasteiger partial charge in [-0.3, -0.25) is 19.8 Å². The lowest BCUT2D eigenvalue weighted by atomic mass is 10.3. The Kier molecular flexibility index (Phi) is 6.11. The highest BCUT2D eigenvalue weighted by Gasteiger charge is 2.14. The number of hydrogen-bond donors (Lipinski definition) is 1. The molecule has 1 amide bonds. The Morgan fingerprint density at radius 3 is 2.92 bits per heavy atom. The molecule has 0 saturated carbocycles. The Labute approximate surface area is 153 Å². The minimum atomic E-state index is -0.372. The summed E-state index contributed by atoms with van der Waals surface area (Å²) in [5, 5.41) is 4.97. The van der Waals surface area contributed by atoms with Gasteiger partial charge in [0, 0.05) is 36.0 Å². The molecule has 0 radical (unpaired) electrons. The molecule has 2 aromatic rings. The molecule has 0 atom stereocenters. The maximum absolute atomic E-state index is 12.1. The lowest BCUT2D eigenvalue weighted by Crippen LogP contribution is -2.32. The van der Waals surface area contributed by atoms with Crippen LogP contribution in [0.2, 0.25) is 0 Å². The Bertz CT molecular complexity index is 784. The zero-order chi connectivity index (χ0) is 17.6. The van der Waals surface area contributed by atoms with E-state index in [4.69, 9.17) is 9.15 Å². The molecule has 9 heteroatoms. The number of ether oxygens (including phenoxy) is 1. The van der Waals surface area contributed by atoms with Crippen molar-refractivity contribution in [2.45, 2.75) is 13.5 Å². The summed E-state index contributed by atoms with van der Waals surface area (Å²) in [7, 11) is 0. The molecule has 1 fully saturated rings. The van der Waals surface area contributed by atoms with Crippen molar-refractivity contribution in [1.82, 2.24) is 9.88 Å². The molecular formula is C16H19N3O4S2. The highest BCUT2D eigenvalue weighted by atomic mass is 32.2. The summed E-state index contributed by atoms with van der Waals surface area (Å²) in [6, 6.07) is 1.43. The average molecular weight is 381 g/mol. The molecule has 1 aliphatic heterocycles. The third-order valence-corrected chi connectivity index (χ3v) is 5.38. The van der Waals surface area contributed by atoms with Crippen molar-refractivity contribution in [3.63, 3.8) is 0 Å². The molecule has 25 heavy (non-hydrogen) atoms. The fourth-order valence-corrected chi connectivity index (χ4v) is 4.00. The number of thioether (sulfide) groups is 1. The maximum Gasteiger partial charge on any atom is 0.264 e. The second-order valence-corrected chi connectivity index (χ2v) is 7.68. The first-order chi connectivity index (χ1) is 12.1. The van der Waals surface area contributed by atoms with Gasteiger partial charge < -0.3 is 9.15 Å². The molecule has 0 aliphatic carbocycles. The predicted molar refractivity (Wildman–Crippen MR) is 98.6 cm³/mol. The molecule has 3 heterocycles. The van der Waals surface area contributed by atoms with E-state index in [1.165, 1.54) is 23.7 Å². The van der Waals surface area contributed by atoms with Gasteiger partial charge in [0.2, 0.25) is 11.2 Å². The standard InChI is InChI=1S/C16H19N3O4S2/c1-11-10-25-16(17-11)18-15(21)9-23-14-8-22-12(6-13(14)20)7-19-2-4-24-5-3-19/h6,8,10H,2-5,7,9H2,1H3,(H,17,18,21). The van der Waals surface area contributed by atoms with E-state index in [-0.39, 0.29) is 23.7 Å². The first-order valence-electron chi connectivity index (χ1n) is 7.87. The first kappa shape index (κ1) is 18.0. The number of carbonyl (C=O) groups excluding carboxylic acids is 1. The monoisotopic (exact) mass is 381 g/mol. The topological polar surface area (TPSA) is 84.7 Å². The number of amides is 1. The molecular weight excluding hydrogens is 362 g/mol. The second kappa shape index (κ2) is 8.50. The van der Waals surface area contributed by atoms with Crippen LogP contribution in [0.25, 0.3) is 0 Å². The van der Waals surface area contributed by atoms with Crippen molar-refractivity contribution in [2.24, 2.45) is 0 Å². The molecule has 0 spiro atoms. The van der Waals surface area contributed by atoms with Crippen LogP contribution in [-0.4, -0.2) is 47.0 Å². The molecule has 1 N–H and O–H groups in total. The van der Waals surface area contributed by atoms with E-state index in [1.54, 1.807) is 0 Å². The second-order valence-electron chi connectivity index (χ2n) is 5.59. The summed E-state index contributed by atoms with van der Waals surface area (Å²) >= 11 is 3.27. The van der Waals surface area contributed by atoms with Gasteiger partial charge >= 0.3 is 0 Å². The molecule has 134 valence electrons. The lowest BCUT2D eigenvalue weighted by molar-refractivity contribution is -0.118. The van der Waals surface area contributed by atoms with Crippen molar-refractivity contribution in [3.8, 4) is 5.75 Å². The van der Waals surface area contributed by atoms with Gasteiger partial charge in [-0.05, 0) is 6.92 Å². The van der Waals surface area contributed by atoms with Crippen LogP contribution in [0.5, 0.6) is 5.75 Å². The fraction of sp³-hybridized carbons (Fsp3) is 0.438. The summed E-state index contributed by atoms with van der Waals surface area (Å²) < 4.78 is 10.7. The molecule has 0 unspecified atom stereocenters. The van der Waals surface area contributed by atoms with Crippen molar-refractivity contribution in [2.75, 3.05) is 36.5 Å². The quantitative estimate of drug-likeness (QED) is 0.819. The summed E-state index contributed by atoms with van der Waals surface area (Å²) in [6.45, 7) is 4.16. The summed E-state index contributed by atoms with van der Waals surface area (Å²) in [5.74, 6) is 2.46. The van der Waals surface area contributed by atoms with E-state index in [9.17, 15) is 9.59 Å². The number of anilines is 1. The number of aryl methyl sites for hydroxylation is 1. The van der Waals surface area contributed by atoms with Gasteiger partial charge in [0.25, 0.3) is 5.91 Å². The normalized spacial score (nSPS) is 15.1. The predicted octanol–water partition coefficient (Wildman–Crippen LogP) is 1.97.